The van der Waals surface area contributed by atoms with Crippen molar-refractivity contribution in [3.8, 4) is 0 Å². The maximum atomic E-state index is 14.3. The van der Waals surface area contributed by atoms with E-state index in [2.05, 4.69) is 29.0 Å². The van der Waals surface area contributed by atoms with Crippen molar-refractivity contribution in [3.05, 3.63) is 81.7 Å². The lowest BCUT2D eigenvalue weighted by Gasteiger charge is -2.51. The number of rotatable bonds is 5. The number of nitrogens with zero attached hydrogens (tertiary/aromatic N) is 5. The summed E-state index contributed by atoms with van der Waals surface area (Å²) < 4.78 is 43.8. The van der Waals surface area contributed by atoms with E-state index in [1.165, 1.54) is 28.7 Å². The summed E-state index contributed by atoms with van der Waals surface area (Å²) in [5.41, 5.74) is 0.762. The van der Waals surface area contributed by atoms with Crippen LogP contribution in [0.4, 0.5) is 18.0 Å². The molecule has 1 aromatic carbocycles. The van der Waals surface area contributed by atoms with E-state index in [9.17, 15) is 22.8 Å². The maximum Gasteiger partial charge on any atom is 0.320 e. The highest BCUT2D eigenvalue weighted by atomic mass is 19.1. The van der Waals surface area contributed by atoms with Gasteiger partial charge in [0.1, 0.15) is 23.1 Å². The highest BCUT2D eigenvalue weighted by Gasteiger charge is 2.46. The van der Waals surface area contributed by atoms with Crippen LogP contribution in [-0.4, -0.2) is 73.9 Å². The Hall–Kier alpha value is -3.44. The number of pyridine rings is 1. The Morgan fingerprint density at radius 2 is 1.79 bits per heavy atom. The van der Waals surface area contributed by atoms with Crippen molar-refractivity contribution in [2.24, 2.45) is 0 Å². The van der Waals surface area contributed by atoms with Crippen molar-refractivity contribution >= 4 is 11.7 Å². The predicted octanol–water partition coefficient (Wildman–Crippen LogP) is 4.87. The summed E-state index contributed by atoms with van der Waals surface area (Å²) in [5.74, 6) is -1.81. The average Bonchev–Trinajstić information content (AvgIpc) is 3.43. The van der Waals surface area contributed by atoms with Crippen LogP contribution in [0.5, 0.6) is 0 Å². The Labute approximate surface area is 249 Å². The molecule has 2 atom stereocenters. The van der Waals surface area contributed by atoms with Gasteiger partial charge in [-0.15, -0.1) is 0 Å². The lowest BCUT2D eigenvalue weighted by molar-refractivity contribution is -0.00252. The van der Waals surface area contributed by atoms with Gasteiger partial charge in [0.2, 0.25) is 0 Å². The Kier molecular flexibility index (Phi) is 8.21. The molecule has 0 bridgehead atoms. The van der Waals surface area contributed by atoms with E-state index in [0.717, 1.165) is 44.4 Å². The van der Waals surface area contributed by atoms with Crippen molar-refractivity contribution < 1.29 is 18.0 Å². The molecule has 2 saturated heterocycles. The third kappa shape index (κ3) is 6.02. The zero-order valence-electron chi connectivity index (χ0n) is 24.7. The molecule has 2 aliphatic heterocycles. The molecule has 1 aliphatic carbocycles. The molecule has 0 radical (unpaired) electrons. The molecule has 2 amide bonds. The molecule has 6 rings (SSSR count). The molecule has 1 N–H and O–H groups in total. The molecular formula is C32H39F3N6O2. The third-order valence-corrected chi connectivity index (χ3v) is 9.39. The molecule has 11 heteroatoms. The van der Waals surface area contributed by atoms with Crippen LogP contribution in [0.25, 0.3) is 5.65 Å². The van der Waals surface area contributed by atoms with E-state index in [-0.39, 0.29) is 29.2 Å². The van der Waals surface area contributed by atoms with Gasteiger partial charge in [-0.1, -0.05) is 26.7 Å². The number of benzene rings is 1. The zero-order valence-corrected chi connectivity index (χ0v) is 24.7. The van der Waals surface area contributed by atoms with Crippen molar-refractivity contribution in [3.63, 3.8) is 0 Å². The molecule has 3 aliphatic rings. The molecule has 1 saturated carbocycles. The largest absolute Gasteiger partial charge is 0.321 e. The molecule has 4 heterocycles. The van der Waals surface area contributed by atoms with Gasteiger partial charge in [-0.3, -0.25) is 14.1 Å². The number of piperazine rings is 1. The lowest BCUT2D eigenvalue weighted by Crippen LogP contribution is -2.64. The normalized spacial score (nSPS) is 22.7. The molecule has 8 nitrogen and oxygen atoms in total. The summed E-state index contributed by atoms with van der Waals surface area (Å²) in [7, 11) is 0. The van der Waals surface area contributed by atoms with Gasteiger partial charge in [0.25, 0.3) is 5.56 Å². The topological polar surface area (TPSA) is 73.2 Å². The molecule has 3 aromatic rings. The number of nitrogens with one attached hydrogen (secondary N) is 1. The quantitative estimate of drug-likeness (QED) is 0.455. The Morgan fingerprint density at radius 1 is 1.05 bits per heavy atom. The van der Waals surface area contributed by atoms with Crippen LogP contribution in [0.15, 0.2) is 47.5 Å². The van der Waals surface area contributed by atoms with Crippen LogP contribution in [0, 0.1) is 17.5 Å². The van der Waals surface area contributed by atoms with Crippen LogP contribution >= 0.6 is 0 Å². The van der Waals surface area contributed by atoms with E-state index >= 15 is 0 Å². The summed E-state index contributed by atoms with van der Waals surface area (Å²) in [6.45, 7) is 6.52. The number of likely N-dealkylation sites (tertiary alicyclic amines) is 1. The Balaban J connectivity index is 1.24. The van der Waals surface area contributed by atoms with Gasteiger partial charge in [0.05, 0.1) is 11.6 Å². The zero-order chi connectivity index (χ0) is 30.3. The van der Waals surface area contributed by atoms with Gasteiger partial charge in [-0.2, -0.15) is 0 Å². The van der Waals surface area contributed by atoms with Crippen LogP contribution in [0.2, 0.25) is 0 Å². The molecular weight excluding hydrogens is 557 g/mol. The smallest absolute Gasteiger partial charge is 0.320 e. The van der Waals surface area contributed by atoms with E-state index in [4.69, 9.17) is 0 Å². The monoisotopic (exact) mass is 596 g/mol. The van der Waals surface area contributed by atoms with Gasteiger partial charge in [0, 0.05) is 68.8 Å². The molecule has 2 aromatic heterocycles. The minimum Gasteiger partial charge on any atom is -0.321 e. The van der Waals surface area contributed by atoms with Crippen molar-refractivity contribution in [1.82, 2.24) is 29.4 Å². The van der Waals surface area contributed by atoms with Crippen molar-refractivity contribution in [2.75, 3.05) is 26.2 Å². The number of piperidine rings is 1. The third-order valence-electron chi connectivity index (χ3n) is 9.39. The summed E-state index contributed by atoms with van der Waals surface area (Å²) in [5, 5.41) is 3.54. The number of halogens is 3. The Bertz CT molecular complexity index is 1540. The average molecular weight is 597 g/mol. The number of aromatic nitrogens is 2. The lowest BCUT2D eigenvalue weighted by atomic mass is 9.90. The molecule has 230 valence electrons. The molecule has 0 unspecified atom stereocenters. The maximum absolute atomic E-state index is 14.3. The first kappa shape index (κ1) is 29.6. The fourth-order valence-corrected chi connectivity index (χ4v) is 7.42. The van der Waals surface area contributed by atoms with Gasteiger partial charge >= 0.3 is 6.03 Å². The van der Waals surface area contributed by atoms with Crippen LogP contribution in [0.3, 0.4) is 0 Å². The number of carbonyl (C=O) groups is 1. The molecule has 1 spiro atoms. The second-order valence-corrected chi connectivity index (χ2v) is 12.7. The number of hydrogen-bond acceptors (Lipinski definition) is 5. The first-order valence-electron chi connectivity index (χ1n) is 15.3. The predicted molar refractivity (Wildman–Crippen MR) is 157 cm³/mol. The van der Waals surface area contributed by atoms with Gasteiger partial charge in [-0.05, 0) is 55.5 Å². The van der Waals surface area contributed by atoms with E-state index < -0.39 is 23.5 Å². The van der Waals surface area contributed by atoms with E-state index in [1.54, 1.807) is 11.1 Å². The Morgan fingerprint density at radius 3 is 2.51 bits per heavy atom. The van der Waals surface area contributed by atoms with Crippen LogP contribution in [-0.2, 0) is 6.54 Å². The SMILES string of the molecule is CC(C)N[C@@H]1CCN(C(=O)N2CCN(Cc3cnc4ccc(F)cn4c3=O)C3(CCCC3)C2)[C@H](c2cc(F)cc(F)c2)C1. The first-order valence-corrected chi connectivity index (χ1v) is 15.3. The second kappa shape index (κ2) is 11.9. The highest BCUT2D eigenvalue weighted by Crippen LogP contribution is 2.40. The fourth-order valence-electron chi connectivity index (χ4n) is 7.42. The van der Waals surface area contributed by atoms with Crippen LogP contribution < -0.4 is 10.9 Å². The van der Waals surface area contributed by atoms with E-state index in [0.29, 0.717) is 55.9 Å². The van der Waals surface area contributed by atoms with Gasteiger partial charge < -0.3 is 15.1 Å². The van der Waals surface area contributed by atoms with Crippen molar-refractivity contribution in [1.29, 1.82) is 0 Å². The first-order chi connectivity index (χ1) is 20.6. The van der Waals surface area contributed by atoms with Crippen LogP contribution in [0.1, 0.15) is 69.5 Å². The number of fused-ring (bicyclic) bond motifs is 1. The summed E-state index contributed by atoms with van der Waals surface area (Å²) in [4.78, 5) is 37.8. The minimum atomic E-state index is -0.651. The van der Waals surface area contributed by atoms with E-state index in [1.807, 2.05) is 4.90 Å². The molecule has 43 heavy (non-hydrogen) atoms. The molecule has 3 fully saturated rings. The second-order valence-electron chi connectivity index (χ2n) is 12.7. The fraction of sp³-hybridized carbons (Fsp3) is 0.531. The summed E-state index contributed by atoms with van der Waals surface area (Å²) >= 11 is 0. The number of hydrogen-bond donors (Lipinski definition) is 1. The summed E-state index contributed by atoms with van der Waals surface area (Å²) in [6.07, 6.45) is 7.90. The highest BCUT2D eigenvalue weighted by molar-refractivity contribution is 5.75. The minimum absolute atomic E-state index is 0.119. The number of carbonyl (C=O) groups excluding carboxylic acids is 1. The number of amides is 2. The summed E-state index contributed by atoms with van der Waals surface area (Å²) in [6, 6.07) is 6.10. The van der Waals surface area contributed by atoms with Crippen molar-refractivity contribution in [2.45, 2.75) is 82.6 Å². The number of urea groups is 1. The standard InChI is InChI=1S/C32H39F3N6O2/c1-21(2)37-27-7-10-40(28(16-27)22-13-25(34)15-26(35)14-22)31(43)38-11-12-39(32(20-38)8-3-4-9-32)18-23-17-36-29-6-5-24(33)19-41(29)30(23)42/h5-6,13-15,17,19,21,27-28,37H,3-4,7-12,16,18,20H2,1-2H3/t27-,28+/m1/s1. The van der Waals surface area contributed by atoms with Gasteiger partial charge in [-0.25, -0.2) is 22.9 Å². The van der Waals surface area contributed by atoms with Gasteiger partial charge in [0.15, 0.2) is 0 Å².